The van der Waals surface area contributed by atoms with Gasteiger partial charge in [-0.2, -0.15) is 5.10 Å². The highest BCUT2D eigenvalue weighted by Crippen LogP contribution is 2.27. The molecule has 7 heteroatoms. The van der Waals surface area contributed by atoms with Gasteiger partial charge in [0.25, 0.3) is 0 Å². The third-order valence-electron chi connectivity index (χ3n) is 4.26. The van der Waals surface area contributed by atoms with Crippen LogP contribution in [0.5, 0.6) is 0 Å². The Hall–Kier alpha value is -1.70. The molecule has 1 aliphatic carbocycles. The SMILES string of the molecule is CN(C)Cc1cc(CN[C@@H]2CC(Cn3cccn3)C[C@H]2O)no1. The van der Waals surface area contributed by atoms with Gasteiger partial charge in [-0.3, -0.25) is 4.68 Å². The van der Waals surface area contributed by atoms with Gasteiger partial charge in [-0.25, -0.2) is 0 Å². The summed E-state index contributed by atoms with van der Waals surface area (Å²) in [5, 5.41) is 22.0. The number of aliphatic hydroxyl groups excluding tert-OH is 1. The zero-order valence-corrected chi connectivity index (χ0v) is 13.7. The minimum atomic E-state index is -0.316. The van der Waals surface area contributed by atoms with E-state index in [4.69, 9.17) is 4.52 Å². The van der Waals surface area contributed by atoms with Gasteiger partial charge in [0.2, 0.25) is 0 Å². The molecule has 0 bridgehead atoms. The highest BCUT2D eigenvalue weighted by molar-refractivity contribution is 5.05. The van der Waals surface area contributed by atoms with E-state index in [9.17, 15) is 5.11 Å². The summed E-state index contributed by atoms with van der Waals surface area (Å²) < 4.78 is 7.24. The third-order valence-corrected chi connectivity index (χ3v) is 4.26. The fraction of sp³-hybridized carbons (Fsp3) is 0.625. The Morgan fingerprint density at radius 1 is 1.43 bits per heavy atom. The van der Waals surface area contributed by atoms with Crippen molar-refractivity contribution in [2.24, 2.45) is 5.92 Å². The van der Waals surface area contributed by atoms with E-state index in [-0.39, 0.29) is 12.1 Å². The van der Waals surface area contributed by atoms with Crippen LogP contribution in [0.2, 0.25) is 0 Å². The number of nitrogens with one attached hydrogen (secondary N) is 1. The van der Waals surface area contributed by atoms with Crippen molar-refractivity contribution in [2.45, 2.75) is 44.6 Å². The molecule has 0 spiro atoms. The molecule has 0 saturated heterocycles. The summed E-state index contributed by atoms with van der Waals surface area (Å²) in [5.41, 5.74) is 0.879. The summed E-state index contributed by atoms with van der Waals surface area (Å²) in [4.78, 5) is 2.04. The Labute approximate surface area is 136 Å². The lowest BCUT2D eigenvalue weighted by atomic mass is 10.1. The van der Waals surface area contributed by atoms with Crippen LogP contribution in [0, 0.1) is 5.92 Å². The molecule has 23 heavy (non-hydrogen) atoms. The molecule has 1 aliphatic rings. The van der Waals surface area contributed by atoms with Crippen LogP contribution in [-0.2, 0) is 19.6 Å². The quantitative estimate of drug-likeness (QED) is 0.788. The zero-order chi connectivity index (χ0) is 16.2. The van der Waals surface area contributed by atoms with E-state index < -0.39 is 0 Å². The smallest absolute Gasteiger partial charge is 0.150 e. The molecule has 0 aromatic carbocycles. The predicted molar refractivity (Wildman–Crippen MR) is 85.5 cm³/mol. The van der Waals surface area contributed by atoms with Crippen molar-refractivity contribution in [3.8, 4) is 0 Å². The summed E-state index contributed by atoms with van der Waals surface area (Å²) in [6, 6.07) is 4.00. The van der Waals surface area contributed by atoms with Crippen molar-refractivity contribution in [2.75, 3.05) is 14.1 Å². The molecule has 0 amide bonds. The lowest BCUT2D eigenvalue weighted by Gasteiger charge is -2.15. The van der Waals surface area contributed by atoms with Gasteiger partial charge in [0.1, 0.15) is 0 Å². The predicted octanol–water partition coefficient (Wildman–Crippen LogP) is 0.862. The molecule has 126 valence electrons. The van der Waals surface area contributed by atoms with Crippen LogP contribution in [0.4, 0.5) is 0 Å². The molecule has 2 heterocycles. The minimum Gasteiger partial charge on any atom is -0.391 e. The van der Waals surface area contributed by atoms with Crippen LogP contribution in [0.1, 0.15) is 24.3 Å². The van der Waals surface area contributed by atoms with E-state index in [0.717, 1.165) is 37.4 Å². The number of aromatic nitrogens is 3. The fourth-order valence-corrected chi connectivity index (χ4v) is 3.22. The van der Waals surface area contributed by atoms with Gasteiger partial charge in [-0.1, -0.05) is 5.16 Å². The van der Waals surface area contributed by atoms with Crippen molar-refractivity contribution < 1.29 is 9.63 Å². The summed E-state index contributed by atoms with van der Waals surface area (Å²) >= 11 is 0. The number of aliphatic hydroxyl groups is 1. The van der Waals surface area contributed by atoms with Gasteiger partial charge >= 0.3 is 0 Å². The van der Waals surface area contributed by atoms with Crippen LogP contribution < -0.4 is 5.32 Å². The molecule has 1 unspecified atom stereocenters. The Kier molecular flexibility index (Phi) is 5.09. The lowest BCUT2D eigenvalue weighted by Crippen LogP contribution is -2.35. The highest BCUT2D eigenvalue weighted by Gasteiger charge is 2.32. The van der Waals surface area contributed by atoms with Gasteiger partial charge in [0, 0.05) is 37.6 Å². The van der Waals surface area contributed by atoms with E-state index in [0.29, 0.717) is 12.5 Å². The van der Waals surface area contributed by atoms with Gasteiger partial charge in [-0.15, -0.1) is 0 Å². The average molecular weight is 319 g/mol. The molecule has 0 aliphatic heterocycles. The topological polar surface area (TPSA) is 79.4 Å². The normalized spacial score (nSPS) is 24.6. The van der Waals surface area contributed by atoms with Crippen LogP contribution in [0.25, 0.3) is 0 Å². The monoisotopic (exact) mass is 319 g/mol. The maximum absolute atomic E-state index is 10.2. The molecule has 7 nitrogen and oxygen atoms in total. The summed E-state index contributed by atoms with van der Waals surface area (Å²) in [7, 11) is 3.99. The number of rotatable bonds is 7. The lowest BCUT2D eigenvalue weighted by molar-refractivity contribution is 0.145. The molecule has 1 saturated carbocycles. The van der Waals surface area contributed by atoms with Gasteiger partial charge in [0.05, 0.1) is 18.3 Å². The molecular weight excluding hydrogens is 294 g/mol. The van der Waals surface area contributed by atoms with E-state index in [1.165, 1.54) is 0 Å². The zero-order valence-electron chi connectivity index (χ0n) is 13.7. The number of hydrogen-bond acceptors (Lipinski definition) is 6. The van der Waals surface area contributed by atoms with Crippen molar-refractivity contribution in [1.82, 2.24) is 25.2 Å². The van der Waals surface area contributed by atoms with Crippen LogP contribution in [0.3, 0.4) is 0 Å². The van der Waals surface area contributed by atoms with E-state index in [2.05, 4.69) is 15.6 Å². The van der Waals surface area contributed by atoms with Crippen molar-refractivity contribution >= 4 is 0 Å². The third kappa shape index (κ3) is 4.40. The molecule has 3 atom stereocenters. The molecule has 3 rings (SSSR count). The van der Waals surface area contributed by atoms with Crippen LogP contribution in [0.15, 0.2) is 29.0 Å². The van der Waals surface area contributed by atoms with E-state index >= 15 is 0 Å². The first kappa shape index (κ1) is 16.2. The molecule has 2 aromatic heterocycles. The molecule has 2 N–H and O–H groups in total. The Bertz CT molecular complexity index is 595. The first-order valence-corrected chi connectivity index (χ1v) is 8.08. The number of nitrogens with zero attached hydrogens (tertiary/aromatic N) is 4. The maximum atomic E-state index is 10.2. The average Bonchev–Trinajstić information content (AvgIpc) is 3.19. The molecule has 1 fully saturated rings. The van der Waals surface area contributed by atoms with Crippen molar-refractivity contribution in [1.29, 1.82) is 0 Å². The number of hydrogen-bond donors (Lipinski definition) is 2. The van der Waals surface area contributed by atoms with Crippen molar-refractivity contribution in [3.63, 3.8) is 0 Å². The van der Waals surface area contributed by atoms with Crippen molar-refractivity contribution in [3.05, 3.63) is 36.0 Å². The van der Waals surface area contributed by atoms with Gasteiger partial charge < -0.3 is 19.8 Å². The minimum absolute atomic E-state index is 0.101. The summed E-state index contributed by atoms with van der Waals surface area (Å²) in [6.07, 6.45) is 5.20. The highest BCUT2D eigenvalue weighted by atomic mass is 16.5. The summed E-state index contributed by atoms with van der Waals surface area (Å²) in [5.74, 6) is 1.30. The summed E-state index contributed by atoms with van der Waals surface area (Å²) in [6.45, 7) is 2.22. The fourth-order valence-electron chi connectivity index (χ4n) is 3.22. The Morgan fingerprint density at radius 3 is 3.04 bits per heavy atom. The molecule has 0 radical (unpaired) electrons. The standard InChI is InChI=1S/C16H25N5O2/c1-20(2)11-14-8-13(19-23-14)9-17-15-6-12(7-16(15)22)10-21-5-3-4-18-21/h3-5,8,12,15-17,22H,6-7,9-11H2,1-2H3/t12?,15-,16-/m1/s1. The van der Waals surface area contributed by atoms with Crippen LogP contribution >= 0.6 is 0 Å². The second kappa shape index (κ2) is 7.25. The molecular formula is C16H25N5O2. The van der Waals surface area contributed by atoms with E-state index in [1.807, 2.05) is 42.0 Å². The first-order chi connectivity index (χ1) is 11.1. The van der Waals surface area contributed by atoms with Crippen LogP contribution in [-0.4, -0.2) is 51.2 Å². The first-order valence-electron chi connectivity index (χ1n) is 8.08. The van der Waals surface area contributed by atoms with Gasteiger partial charge in [-0.05, 0) is 38.9 Å². The Balaban J connectivity index is 1.47. The maximum Gasteiger partial charge on any atom is 0.150 e. The molecule has 2 aromatic rings. The second-order valence-corrected chi connectivity index (χ2v) is 6.64. The Morgan fingerprint density at radius 2 is 2.30 bits per heavy atom. The largest absolute Gasteiger partial charge is 0.391 e. The van der Waals surface area contributed by atoms with Gasteiger partial charge in [0.15, 0.2) is 5.76 Å². The van der Waals surface area contributed by atoms with E-state index in [1.54, 1.807) is 6.20 Å². The second-order valence-electron chi connectivity index (χ2n) is 6.64.